The van der Waals surface area contributed by atoms with E-state index in [4.69, 9.17) is 18.9 Å². The van der Waals surface area contributed by atoms with Crippen molar-refractivity contribution >= 4 is 17.5 Å². The highest BCUT2D eigenvalue weighted by molar-refractivity contribution is 6.06. The Morgan fingerprint density at radius 2 is 1.47 bits per heavy atom. The van der Waals surface area contributed by atoms with Gasteiger partial charge < -0.3 is 18.9 Å². The first kappa shape index (κ1) is 36.2. The van der Waals surface area contributed by atoms with Crippen LogP contribution in [0.15, 0.2) is 97.3 Å². The van der Waals surface area contributed by atoms with Crippen molar-refractivity contribution in [3.63, 3.8) is 0 Å². The maximum absolute atomic E-state index is 12.4. The fraction of sp³-hybridized carbons (Fsp3) is 0.452. The summed E-state index contributed by atoms with van der Waals surface area (Å²) < 4.78 is 22.9. The van der Waals surface area contributed by atoms with Gasteiger partial charge in [-0.25, -0.2) is 0 Å². The summed E-state index contributed by atoms with van der Waals surface area (Å²) in [5.74, 6) is -0.518. The number of ether oxygens (including phenoxy) is 4. The van der Waals surface area contributed by atoms with Crippen molar-refractivity contribution in [2.45, 2.75) is 77.4 Å². The summed E-state index contributed by atoms with van der Waals surface area (Å²) in [6.45, 7) is 16.7. The molecule has 2 unspecified atom stereocenters. The third-order valence-corrected chi connectivity index (χ3v) is 10.6. The summed E-state index contributed by atoms with van der Waals surface area (Å²) in [7, 11) is 0. The predicted octanol–water partition coefficient (Wildman–Crippen LogP) is 7.54. The van der Waals surface area contributed by atoms with Gasteiger partial charge in [-0.1, -0.05) is 92.2 Å². The number of esters is 1. The van der Waals surface area contributed by atoms with E-state index in [0.717, 1.165) is 38.7 Å². The predicted molar refractivity (Wildman–Crippen MR) is 190 cm³/mol. The lowest BCUT2D eigenvalue weighted by atomic mass is 9.68. The number of fused-ring (bicyclic) bond motifs is 2. The van der Waals surface area contributed by atoms with E-state index >= 15 is 0 Å². The Morgan fingerprint density at radius 1 is 0.857 bits per heavy atom. The van der Waals surface area contributed by atoms with E-state index in [9.17, 15) is 14.4 Å². The summed E-state index contributed by atoms with van der Waals surface area (Å²) in [6, 6.07) is 17.1. The maximum atomic E-state index is 12.4. The van der Waals surface area contributed by atoms with Gasteiger partial charge in [-0.3, -0.25) is 14.4 Å². The SMILES string of the molecule is C=CCOC(=O)[C@@H]1C[C@]2(C(C)Cc3ccc(C)cc3)OCOC2=CC1=O.C=CC[C@H]1C[C@]2(C(C)Cc3ccc(C)cc3)OCCC2=CC1=O. The Balaban J connectivity index is 0.000000192. The molecule has 0 N–H and O–H groups in total. The van der Waals surface area contributed by atoms with Gasteiger partial charge in [-0.2, -0.15) is 0 Å². The van der Waals surface area contributed by atoms with Crippen LogP contribution >= 0.6 is 0 Å². The number of carbonyl (C=O) groups is 3. The Bertz CT molecular complexity index is 1600. The van der Waals surface area contributed by atoms with Gasteiger partial charge in [-0.05, 0) is 80.6 Å². The molecular weight excluding hydrogens is 616 g/mol. The molecule has 0 spiro atoms. The molecule has 6 atom stereocenters. The van der Waals surface area contributed by atoms with Crippen molar-refractivity contribution in [3.8, 4) is 0 Å². The zero-order valence-corrected chi connectivity index (χ0v) is 29.4. The smallest absolute Gasteiger partial charge is 0.317 e. The normalized spacial score (nSPS) is 26.9. The quantitative estimate of drug-likeness (QED) is 0.139. The van der Waals surface area contributed by atoms with E-state index in [1.807, 2.05) is 19.1 Å². The Hall–Kier alpha value is -4.07. The second-order valence-corrected chi connectivity index (χ2v) is 14.0. The number of aryl methyl sites for hydroxylation is 2. The van der Waals surface area contributed by atoms with E-state index in [2.05, 4.69) is 82.5 Å². The molecule has 0 saturated carbocycles. The standard InChI is InChI=1S/C21H24O5.C21H26O2/c1-4-9-24-20(23)17-12-21(19(11-18(17)22)25-13-26-21)15(3)10-16-7-5-14(2)6-8-16;1-4-5-18-14-21(19(10-11-23-21)13-20(18)22)16(3)12-17-8-6-15(2)7-9-17/h4-8,11,15,17H,1,9-10,12-13H2,2-3H3;4,6-9,13,16,18H,1,5,10-12,14H2,2-3H3/t15?,17-,21-;16?,18-,21+/m10/s1. The van der Waals surface area contributed by atoms with E-state index in [1.165, 1.54) is 40.0 Å². The molecule has 7 heteroatoms. The van der Waals surface area contributed by atoms with E-state index in [-0.39, 0.29) is 48.8 Å². The molecule has 0 radical (unpaired) electrons. The molecule has 260 valence electrons. The van der Waals surface area contributed by atoms with Crippen LogP contribution in [0.5, 0.6) is 0 Å². The molecule has 2 saturated heterocycles. The van der Waals surface area contributed by atoms with Gasteiger partial charge >= 0.3 is 5.97 Å². The molecule has 2 aliphatic heterocycles. The molecule has 2 aromatic carbocycles. The monoisotopic (exact) mass is 666 g/mol. The minimum absolute atomic E-state index is 0.0230. The minimum atomic E-state index is -0.874. The lowest BCUT2D eigenvalue weighted by molar-refractivity contribution is -0.154. The summed E-state index contributed by atoms with van der Waals surface area (Å²) >= 11 is 0. The molecule has 4 aliphatic rings. The van der Waals surface area contributed by atoms with Crippen LogP contribution in [0.25, 0.3) is 0 Å². The van der Waals surface area contributed by atoms with E-state index in [0.29, 0.717) is 11.7 Å². The molecule has 0 amide bonds. The molecule has 2 fully saturated rings. The van der Waals surface area contributed by atoms with Crippen LogP contribution in [0.2, 0.25) is 0 Å². The molecule has 2 heterocycles. The molecule has 0 aromatic heterocycles. The van der Waals surface area contributed by atoms with Crippen molar-refractivity contribution in [1.82, 2.24) is 0 Å². The molecule has 0 bridgehead atoms. The van der Waals surface area contributed by atoms with Gasteiger partial charge in [0.2, 0.25) is 0 Å². The third kappa shape index (κ3) is 7.89. The van der Waals surface area contributed by atoms with Gasteiger partial charge in [-0.15, -0.1) is 6.58 Å². The summed E-state index contributed by atoms with van der Waals surface area (Å²) in [5.41, 5.74) is 5.17. The number of rotatable bonds is 11. The van der Waals surface area contributed by atoms with Crippen molar-refractivity contribution in [1.29, 1.82) is 0 Å². The zero-order chi connectivity index (χ0) is 35.2. The summed E-state index contributed by atoms with van der Waals surface area (Å²) in [4.78, 5) is 37.0. The number of hydrogen-bond donors (Lipinski definition) is 0. The van der Waals surface area contributed by atoms with Crippen molar-refractivity contribution in [2.75, 3.05) is 20.0 Å². The van der Waals surface area contributed by atoms with Crippen LogP contribution in [0.4, 0.5) is 0 Å². The van der Waals surface area contributed by atoms with Gasteiger partial charge in [0, 0.05) is 18.4 Å². The number of ketones is 2. The first-order valence-electron chi connectivity index (χ1n) is 17.4. The number of hydrogen-bond acceptors (Lipinski definition) is 7. The Labute approximate surface area is 291 Å². The van der Waals surface area contributed by atoms with Crippen LogP contribution in [-0.2, 0) is 46.2 Å². The molecule has 2 aliphatic carbocycles. The van der Waals surface area contributed by atoms with Gasteiger partial charge in [0.05, 0.1) is 12.2 Å². The largest absolute Gasteiger partial charge is 0.469 e. The van der Waals surface area contributed by atoms with Crippen LogP contribution in [0.3, 0.4) is 0 Å². The first-order valence-corrected chi connectivity index (χ1v) is 17.4. The number of allylic oxidation sites excluding steroid dienone is 3. The fourth-order valence-electron chi connectivity index (χ4n) is 7.71. The highest BCUT2D eigenvalue weighted by atomic mass is 16.7. The average Bonchev–Trinajstić information content (AvgIpc) is 3.71. The van der Waals surface area contributed by atoms with Crippen LogP contribution in [0.1, 0.15) is 61.8 Å². The summed E-state index contributed by atoms with van der Waals surface area (Å²) in [6.07, 6.45) is 11.0. The molecule has 7 nitrogen and oxygen atoms in total. The molecule has 6 rings (SSSR count). The lowest BCUT2D eigenvalue weighted by Gasteiger charge is -2.41. The zero-order valence-electron chi connectivity index (χ0n) is 29.4. The van der Waals surface area contributed by atoms with Gasteiger partial charge in [0.25, 0.3) is 0 Å². The third-order valence-electron chi connectivity index (χ3n) is 10.6. The average molecular weight is 667 g/mol. The number of benzene rings is 2. The van der Waals surface area contributed by atoms with E-state index in [1.54, 1.807) is 0 Å². The topological polar surface area (TPSA) is 88.1 Å². The molecular formula is C42H50O7. The van der Waals surface area contributed by atoms with Crippen molar-refractivity contribution in [3.05, 3.63) is 120 Å². The van der Waals surface area contributed by atoms with Crippen molar-refractivity contribution < 1.29 is 33.3 Å². The number of carbonyl (C=O) groups excluding carboxylic acids is 3. The Morgan fingerprint density at radius 3 is 2.06 bits per heavy atom. The second-order valence-electron chi connectivity index (χ2n) is 14.0. The highest BCUT2D eigenvalue weighted by Gasteiger charge is 2.54. The molecule has 2 aromatic rings. The molecule has 49 heavy (non-hydrogen) atoms. The van der Waals surface area contributed by atoms with Crippen LogP contribution < -0.4 is 0 Å². The van der Waals surface area contributed by atoms with Crippen molar-refractivity contribution in [2.24, 2.45) is 23.7 Å². The minimum Gasteiger partial charge on any atom is -0.469 e. The Kier molecular flexibility index (Phi) is 11.6. The lowest BCUT2D eigenvalue weighted by Crippen LogP contribution is -2.47. The summed E-state index contributed by atoms with van der Waals surface area (Å²) in [5, 5.41) is 0. The van der Waals surface area contributed by atoms with Gasteiger partial charge in [0.15, 0.2) is 18.4 Å². The van der Waals surface area contributed by atoms with Crippen LogP contribution in [0, 0.1) is 37.5 Å². The fourth-order valence-corrected chi connectivity index (χ4v) is 7.71. The first-order chi connectivity index (χ1) is 23.5. The maximum Gasteiger partial charge on any atom is 0.317 e. The van der Waals surface area contributed by atoms with Crippen LogP contribution in [-0.4, -0.2) is 48.7 Å². The van der Waals surface area contributed by atoms with E-state index < -0.39 is 17.5 Å². The van der Waals surface area contributed by atoms with Gasteiger partial charge in [0.1, 0.15) is 23.9 Å². The second kappa shape index (κ2) is 15.6. The highest BCUT2D eigenvalue weighted by Crippen LogP contribution is 2.48.